The molecule has 4 aromatic rings. The van der Waals surface area contributed by atoms with Gasteiger partial charge in [0.2, 0.25) is 5.82 Å². The van der Waals surface area contributed by atoms with Crippen LogP contribution in [-0.4, -0.2) is 53.3 Å². The van der Waals surface area contributed by atoms with E-state index in [-0.39, 0.29) is 0 Å². The molecule has 0 radical (unpaired) electrons. The van der Waals surface area contributed by atoms with Gasteiger partial charge in [0.05, 0.1) is 12.7 Å². The maximum Gasteiger partial charge on any atom is 0.261 e. The van der Waals surface area contributed by atoms with Crippen molar-refractivity contribution in [3.63, 3.8) is 0 Å². The number of piperazine rings is 1. The predicted octanol–water partition coefficient (Wildman–Crippen LogP) is 4.13. The van der Waals surface area contributed by atoms with E-state index in [2.05, 4.69) is 55.3 Å². The molecule has 0 aliphatic carbocycles. The SMILES string of the molecule is COc1ccc(-c2noc(-c3cccnc3N3CCN(Cc4ccccc4)CC3)n2)cc1. The molecule has 1 aliphatic rings. The highest BCUT2D eigenvalue weighted by atomic mass is 16.5. The summed E-state index contributed by atoms with van der Waals surface area (Å²) in [6.45, 7) is 4.73. The Balaban J connectivity index is 1.31. The third kappa shape index (κ3) is 4.33. The Morgan fingerprint density at radius 3 is 2.44 bits per heavy atom. The van der Waals surface area contributed by atoms with Crippen LogP contribution in [0, 0.1) is 0 Å². The Bertz CT molecular complexity index is 1150. The molecule has 0 atom stereocenters. The minimum absolute atomic E-state index is 0.477. The van der Waals surface area contributed by atoms with Crippen molar-refractivity contribution < 1.29 is 9.26 Å². The number of nitrogens with zero attached hydrogens (tertiary/aromatic N) is 5. The molecule has 5 rings (SSSR count). The van der Waals surface area contributed by atoms with E-state index in [1.807, 2.05) is 42.6 Å². The van der Waals surface area contributed by atoms with Crippen LogP contribution in [0.5, 0.6) is 5.75 Å². The molecule has 1 saturated heterocycles. The van der Waals surface area contributed by atoms with Gasteiger partial charge in [0.25, 0.3) is 5.89 Å². The van der Waals surface area contributed by atoms with E-state index in [0.29, 0.717) is 11.7 Å². The molecular formula is C25H25N5O2. The molecule has 0 spiro atoms. The van der Waals surface area contributed by atoms with E-state index in [1.165, 1.54) is 5.56 Å². The lowest BCUT2D eigenvalue weighted by Gasteiger charge is -2.35. The summed E-state index contributed by atoms with van der Waals surface area (Å²) in [4.78, 5) is 14.1. The number of ether oxygens (including phenoxy) is 1. The summed E-state index contributed by atoms with van der Waals surface area (Å²) in [6, 6.07) is 22.1. The molecule has 32 heavy (non-hydrogen) atoms. The maximum absolute atomic E-state index is 5.62. The normalized spacial score (nSPS) is 14.5. The molecular weight excluding hydrogens is 402 g/mol. The van der Waals surface area contributed by atoms with Crippen molar-refractivity contribution in [1.29, 1.82) is 0 Å². The van der Waals surface area contributed by atoms with Crippen molar-refractivity contribution in [1.82, 2.24) is 20.0 Å². The molecule has 7 heteroatoms. The van der Waals surface area contributed by atoms with Crippen LogP contribution in [0.3, 0.4) is 0 Å². The topological polar surface area (TPSA) is 67.5 Å². The van der Waals surface area contributed by atoms with Gasteiger partial charge in [-0.15, -0.1) is 0 Å². The van der Waals surface area contributed by atoms with Gasteiger partial charge >= 0.3 is 0 Å². The van der Waals surface area contributed by atoms with Gasteiger partial charge in [-0.3, -0.25) is 4.90 Å². The molecule has 0 unspecified atom stereocenters. The third-order valence-corrected chi connectivity index (χ3v) is 5.71. The fourth-order valence-corrected chi connectivity index (χ4v) is 3.97. The van der Waals surface area contributed by atoms with E-state index in [4.69, 9.17) is 9.26 Å². The largest absolute Gasteiger partial charge is 0.497 e. The van der Waals surface area contributed by atoms with Crippen molar-refractivity contribution in [2.24, 2.45) is 0 Å². The Labute approximate surface area is 187 Å². The average Bonchev–Trinajstić information content (AvgIpc) is 3.35. The van der Waals surface area contributed by atoms with Crippen LogP contribution in [0.4, 0.5) is 5.82 Å². The number of anilines is 1. The Morgan fingerprint density at radius 1 is 0.906 bits per heavy atom. The predicted molar refractivity (Wildman–Crippen MR) is 123 cm³/mol. The second-order valence-corrected chi connectivity index (χ2v) is 7.78. The Morgan fingerprint density at radius 2 is 1.69 bits per heavy atom. The standard InChI is InChI=1S/C25H25N5O2/c1-31-21-11-9-20(10-12-21)23-27-25(32-28-23)22-8-5-13-26-24(22)30-16-14-29(15-17-30)18-19-6-3-2-4-7-19/h2-13H,14-18H2,1H3. The Kier molecular flexibility index (Phi) is 5.81. The van der Waals surface area contributed by atoms with Crippen LogP contribution in [-0.2, 0) is 6.54 Å². The monoisotopic (exact) mass is 427 g/mol. The molecule has 0 bridgehead atoms. The van der Waals surface area contributed by atoms with Gasteiger partial charge in [-0.05, 0) is 42.0 Å². The lowest BCUT2D eigenvalue weighted by molar-refractivity contribution is 0.249. The van der Waals surface area contributed by atoms with Crippen LogP contribution in [0.15, 0.2) is 77.4 Å². The summed E-state index contributed by atoms with van der Waals surface area (Å²) in [5.74, 6) is 2.70. The zero-order valence-corrected chi connectivity index (χ0v) is 18.0. The molecule has 3 heterocycles. The van der Waals surface area contributed by atoms with Crippen molar-refractivity contribution in [2.45, 2.75) is 6.54 Å². The summed E-state index contributed by atoms with van der Waals surface area (Å²) in [5, 5.41) is 4.18. The van der Waals surface area contributed by atoms with Crippen molar-refractivity contribution >= 4 is 5.82 Å². The smallest absolute Gasteiger partial charge is 0.261 e. The first-order valence-electron chi connectivity index (χ1n) is 10.7. The number of aromatic nitrogens is 3. The fourth-order valence-electron chi connectivity index (χ4n) is 3.97. The number of pyridine rings is 1. The van der Waals surface area contributed by atoms with E-state index < -0.39 is 0 Å². The van der Waals surface area contributed by atoms with Crippen LogP contribution in [0.1, 0.15) is 5.56 Å². The van der Waals surface area contributed by atoms with Gasteiger partial charge in [-0.25, -0.2) is 4.98 Å². The van der Waals surface area contributed by atoms with Gasteiger partial charge in [-0.2, -0.15) is 4.98 Å². The van der Waals surface area contributed by atoms with Gasteiger partial charge in [0.15, 0.2) is 0 Å². The molecule has 0 saturated carbocycles. The van der Waals surface area contributed by atoms with Crippen molar-refractivity contribution in [3.05, 3.63) is 78.5 Å². The summed E-state index contributed by atoms with van der Waals surface area (Å²) in [5.41, 5.74) is 3.08. The zero-order chi connectivity index (χ0) is 21.8. The van der Waals surface area contributed by atoms with Gasteiger partial charge in [-0.1, -0.05) is 35.5 Å². The van der Waals surface area contributed by atoms with E-state index in [9.17, 15) is 0 Å². The highest BCUT2D eigenvalue weighted by Gasteiger charge is 2.23. The Hall–Kier alpha value is -3.71. The summed E-state index contributed by atoms with van der Waals surface area (Å²) in [6.07, 6.45) is 1.82. The van der Waals surface area contributed by atoms with Crippen LogP contribution < -0.4 is 9.64 Å². The molecule has 1 aliphatic heterocycles. The van der Waals surface area contributed by atoms with E-state index in [1.54, 1.807) is 7.11 Å². The summed E-state index contributed by atoms with van der Waals surface area (Å²) in [7, 11) is 1.65. The van der Waals surface area contributed by atoms with Gasteiger partial charge < -0.3 is 14.2 Å². The maximum atomic E-state index is 5.62. The van der Waals surface area contributed by atoms with Gasteiger partial charge in [0.1, 0.15) is 11.6 Å². The minimum atomic E-state index is 0.477. The van der Waals surface area contributed by atoms with Crippen LogP contribution >= 0.6 is 0 Å². The molecule has 7 nitrogen and oxygen atoms in total. The summed E-state index contributed by atoms with van der Waals surface area (Å²) < 4.78 is 10.8. The van der Waals surface area contributed by atoms with Gasteiger partial charge in [0, 0.05) is 44.5 Å². The highest BCUT2D eigenvalue weighted by Crippen LogP contribution is 2.30. The van der Waals surface area contributed by atoms with Crippen molar-refractivity contribution in [2.75, 3.05) is 38.2 Å². The second kappa shape index (κ2) is 9.20. The number of methoxy groups -OCH3 is 1. The quantitative estimate of drug-likeness (QED) is 0.458. The zero-order valence-electron chi connectivity index (χ0n) is 18.0. The molecule has 0 N–H and O–H groups in total. The lowest BCUT2D eigenvalue weighted by atomic mass is 10.2. The van der Waals surface area contributed by atoms with Crippen LogP contribution in [0.25, 0.3) is 22.8 Å². The highest BCUT2D eigenvalue weighted by molar-refractivity contribution is 5.71. The minimum Gasteiger partial charge on any atom is -0.497 e. The number of hydrogen-bond donors (Lipinski definition) is 0. The van der Waals surface area contributed by atoms with E-state index in [0.717, 1.165) is 55.4 Å². The first-order chi connectivity index (χ1) is 15.8. The molecule has 1 fully saturated rings. The lowest BCUT2D eigenvalue weighted by Crippen LogP contribution is -2.46. The fraction of sp³-hybridized carbons (Fsp3) is 0.240. The second-order valence-electron chi connectivity index (χ2n) is 7.78. The average molecular weight is 428 g/mol. The molecule has 2 aromatic heterocycles. The molecule has 2 aromatic carbocycles. The first kappa shape index (κ1) is 20.2. The van der Waals surface area contributed by atoms with Crippen LogP contribution in [0.2, 0.25) is 0 Å². The van der Waals surface area contributed by atoms with E-state index >= 15 is 0 Å². The first-order valence-corrected chi connectivity index (χ1v) is 10.7. The molecule has 0 amide bonds. The number of hydrogen-bond acceptors (Lipinski definition) is 7. The molecule has 162 valence electrons. The number of rotatable bonds is 6. The summed E-state index contributed by atoms with van der Waals surface area (Å²) >= 11 is 0. The van der Waals surface area contributed by atoms with Crippen molar-refractivity contribution in [3.8, 4) is 28.6 Å². The third-order valence-electron chi connectivity index (χ3n) is 5.71. The number of benzene rings is 2.